The van der Waals surface area contributed by atoms with Crippen LogP contribution in [0.15, 0.2) is 48.5 Å². The molecule has 0 N–H and O–H groups in total. The quantitative estimate of drug-likeness (QED) is 0.755. The van der Waals surface area contributed by atoms with E-state index in [0.717, 1.165) is 0 Å². The van der Waals surface area contributed by atoms with Crippen molar-refractivity contribution >= 4 is 39.5 Å². The summed E-state index contributed by atoms with van der Waals surface area (Å²) in [6.45, 7) is 0. The van der Waals surface area contributed by atoms with Gasteiger partial charge in [0, 0.05) is 0 Å². The predicted molar refractivity (Wildman–Crippen MR) is 86.6 cm³/mol. The average molecular weight is 368 g/mol. The molecule has 19 heavy (non-hydrogen) atoms. The van der Waals surface area contributed by atoms with Crippen LogP contribution in [0.25, 0.3) is 0 Å². The summed E-state index contributed by atoms with van der Waals surface area (Å²) < 4.78 is 2.97. The monoisotopic (exact) mass is 370 g/mol. The molecular weight excluding hydrogens is 348 g/mol. The third-order valence-electron chi connectivity index (χ3n) is 2.93. The molecule has 0 aliphatic rings. The molecule has 0 radical (unpaired) electrons. The number of hydrogen-bond acceptors (Lipinski definition) is 2. The van der Waals surface area contributed by atoms with E-state index >= 15 is 0 Å². The van der Waals surface area contributed by atoms with E-state index < -0.39 is 0 Å². The minimum absolute atomic E-state index is 0.318. The Bertz CT molecular complexity index is 533. The fourth-order valence-corrected chi connectivity index (χ4v) is 4.79. The summed E-state index contributed by atoms with van der Waals surface area (Å²) in [5.74, 6) is 0. The summed E-state index contributed by atoms with van der Waals surface area (Å²) in [6.07, 6.45) is 0. The molecular formula is C16H20N2Te. The maximum atomic E-state index is 2.27. The Labute approximate surface area is 126 Å². The van der Waals surface area contributed by atoms with Gasteiger partial charge in [-0.15, -0.1) is 0 Å². The van der Waals surface area contributed by atoms with Gasteiger partial charge < -0.3 is 0 Å². The Morgan fingerprint density at radius 1 is 0.737 bits per heavy atom. The average Bonchev–Trinajstić information content (AvgIpc) is 2.39. The van der Waals surface area contributed by atoms with Crippen molar-refractivity contribution < 1.29 is 0 Å². The zero-order valence-corrected chi connectivity index (χ0v) is 14.3. The number of anilines is 2. The number of nitrogens with zero attached hydrogens (tertiary/aromatic N) is 2. The van der Waals surface area contributed by atoms with Gasteiger partial charge in [0.1, 0.15) is 0 Å². The van der Waals surface area contributed by atoms with Gasteiger partial charge in [-0.3, -0.25) is 0 Å². The first-order valence-electron chi connectivity index (χ1n) is 6.29. The van der Waals surface area contributed by atoms with E-state index in [1.54, 1.807) is 0 Å². The molecule has 0 atom stereocenters. The normalized spacial score (nSPS) is 10.3. The van der Waals surface area contributed by atoms with Crippen LogP contribution in [0.3, 0.4) is 0 Å². The van der Waals surface area contributed by atoms with Crippen molar-refractivity contribution in [1.82, 2.24) is 0 Å². The fourth-order valence-electron chi connectivity index (χ4n) is 1.85. The second-order valence-electron chi connectivity index (χ2n) is 4.85. The van der Waals surface area contributed by atoms with Gasteiger partial charge >= 0.3 is 126 Å². The molecule has 0 aliphatic carbocycles. The first-order chi connectivity index (χ1) is 9.08. The van der Waals surface area contributed by atoms with Gasteiger partial charge in [0.15, 0.2) is 0 Å². The summed E-state index contributed by atoms with van der Waals surface area (Å²) in [6, 6.07) is 17.7. The van der Waals surface area contributed by atoms with Crippen LogP contribution in [-0.4, -0.2) is 49.1 Å². The van der Waals surface area contributed by atoms with Crippen LogP contribution in [0.5, 0.6) is 0 Å². The SMILES string of the molecule is CN(C)c1ccc([Te]c2ccccc2N(C)C)cc1. The molecule has 2 aromatic rings. The van der Waals surface area contributed by atoms with E-state index in [4.69, 9.17) is 0 Å². The standard InChI is InChI=1S/C16H20N2Te/c1-17(2)13-9-11-14(12-10-13)19-16-8-6-5-7-15(16)18(3)4/h5-12H,1-4H3. The fraction of sp³-hybridized carbons (Fsp3) is 0.250. The van der Waals surface area contributed by atoms with Crippen LogP contribution >= 0.6 is 0 Å². The molecule has 0 aliphatic heterocycles. The molecule has 0 amide bonds. The molecule has 0 aromatic heterocycles. The molecule has 2 nitrogen and oxygen atoms in total. The Hall–Kier alpha value is -1.17. The topological polar surface area (TPSA) is 6.48 Å². The van der Waals surface area contributed by atoms with Crippen molar-refractivity contribution in [2.45, 2.75) is 0 Å². The molecule has 0 fully saturated rings. The van der Waals surface area contributed by atoms with Crippen LogP contribution in [0.4, 0.5) is 11.4 Å². The first-order valence-corrected chi connectivity index (χ1v) is 8.62. The zero-order chi connectivity index (χ0) is 13.8. The van der Waals surface area contributed by atoms with Crippen molar-refractivity contribution in [3.05, 3.63) is 48.5 Å². The van der Waals surface area contributed by atoms with Crippen molar-refractivity contribution in [2.24, 2.45) is 0 Å². The van der Waals surface area contributed by atoms with Crippen LogP contribution in [-0.2, 0) is 0 Å². The number of rotatable bonds is 4. The second kappa shape index (κ2) is 6.32. The van der Waals surface area contributed by atoms with Gasteiger partial charge in [0.25, 0.3) is 0 Å². The van der Waals surface area contributed by atoms with Gasteiger partial charge in [-0.25, -0.2) is 0 Å². The summed E-state index contributed by atoms with van der Waals surface area (Å²) >= 11 is -0.318. The van der Waals surface area contributed by atoms with Crippen molar-refractivity contribution in [1.29, 1.82) is 0 Å². The summed E-state index contributed by atoms with van der Waals surface area (Å²) in [7, 11) is 8.38. The van der Waals surface area contributed by atoms with Gasteiger partial charge in [-0.05, 0) is 0 Å². The Kier molecular flexibility index (Phi) is 4.74. The number of para-hydroxylation sites is 1. The van der Waals surface area contributed by atoms with Crippen molar-refractivity contribution in [2.75, 3.05) is 38.0 Å². The van der Waals surface area contributed by atoms with E-state index in [1.165, 1.54) is 18.6 Å². The Balaban J connectivity index is 2.21. The van der Waals surface area contributed by atoms with Crippen molar-refractivity contribution in [3.8, 4) is 0 Å². The summed E-state index contributed by atoms with van der Waals surface area (Å²) in [5.41, 5.74) is 2.61. The zero-order valence-electron chi connectivity index (χ0n) is 11.9. The van der Waals surface area contributed by atoms with Crippen LogP contribution < -0.4 is 17.0 Å². The van der Waals surface area contributed by atoms with Crippen LogP contribution in [0, 0.1) is 0 Å². The molecule has 100 valence electrons. The van der Waals surface area contributed by atoms with E-state index in [1.807, 2.05) is 0 Å². The van der Waals surface area contributed by atoms with E-state index in [9.17, 15) is 0 Å². The molecule has 2 rings (SSSR count). The molecule has 0 saturated heterocycles. The Morgan fingerprint density at radius 2 is 1.37 bits per heavy atom. The van der Waals surface area contributed by atoms with Gasteiger partial charge in [-0.2, -0.15) is 0 Å². The second-order valence-corrected chi connectivity index (χ2v) is 8.04. The van der Waals surface area contributed by atoms with E-state index in [2.05, 4.69) is 86.5 Å². The van der Waals surface area contributed by atoms with Gasteiger partial charge in [0.05, 0.1) is 0 Å². The van der Waals surface area contributed by atoms with E-state index in [-0.39, 0.29) is 20.9 Å². The van der Waals surface area contributed by atoms with Crippen LogP contribution in [0.1, 0.15) is 0 Å². The van der Waals surface area contributed by atoms with Crippen molar-refractivity contribution in [3.63, 3.8) is 0 Å². The number of hydrogen-bond donors (Lipinski definition) is 0. The summed E-state index contributed by atoms with van der Waals surface area (Å²) in [4.78, 5) is 4.34. The molecule has 0 bridgehead atoms. The Morgan fingerprint density at radius 3 is 1.95 bits per heavy atom. The molecule has 0 saturated carbocycles. The maximum absolute atomic E-state index is 2.27. The third kappa shape index (κ3) is 3.65. The third-order valence-corrected chi connectivity index (χ3v) is 5.99. The first kappa shape index (κ1) is 14.2. The van der Waals surface area contributed by atoms with Crippen LogP contribution in [0.2, 0.25) is 0 Å². The number of benzene rings is 2. The van der Waals surface area contributed by atoms with E-state index in [0.29, 0.717) is 0 Å². The molecule has 0 heterocycles. The summed E-state index contributed by atoms with van der Waals surface area (Å²) in [5, 5.41) is 0. The van der Waals surface area contributed by atoms with Gasteiger partial charge in [-0.1, -0.05) is 0 Å². The molecule has 2 aromatic carbocycles. The van der Waals surface area contributed by atoms with Gasteiger partial charge in [0.2, 0.25) is 0 Å². The minimum atomic E-state index is -0.318. The molecule has 3 heteroatoms. The predicted octanol–water partition coefficient (Wildman–Crippen LogP) is 1.47. The molecule has 0 unspecified atom stereocenters. The molecule has 0 spiro atoms.